The molecule has 0 aliphatic rings. The summed E-state index contributed by atoms with van der Waals surface area (Å²) in [5.74, 6) is -0.262. The molecular weight excluding hydrogens is 384 g/mol. The number of halogens is 2. The largest absolute Gasteiger partial charge is 0.298 e. The summed E-state index contributed by atoms with van der Waals surface area (Å²) in [6, 6.07) is 14.8. The van der Waals surface area contributed by atoms with Gasteiger partial charge in [0.05, 0.1) is 16.3 Å². The van der Waals surface area contributed by atoms with Crippen molar-refractivity contribution in [3.05, 3.63) is 69.0 Å². The molecule has 2 aromatic carbocycles. The molecule has 1 N–H and O–H groups in total. The van der Waals surface area contributed by atoms with Crippen LogP contribution in [-0.4, -0.2) is 10.9 Å². The van der Waals surface area contributed by atoms with Gasteiger partial charge in [0.1, 0.15) is 0 Å². The monoisotopic (exact) mass is 392 g/mol. The average Bonchev–Trinajstić information content (AvgIpc) is 2.97. The van der Waals surface area contributed by atoms with E-state index in [1.54, 1.807) is 24.3 Å². The van der Waals surface area contributed by atoms with Crippen LogP contribution < -0.4 is 5.32 Å². The molecule has 1 amide bonds. The Bertz CT molecular complexity index is 817. The lowest BCUT2D eigenvalue weighted by molar-refractivity contribution is 0.102. The lowest BCUT2D eigenvalue weighted by Gasteiger charge is -2.03. The van der Waals surface area contributed by atoms with Crippen molar-refractivity contribution in [1.29, 1.82) is 0 Å². The summed E-state index contributed by atoms with van der Waals surface area (Å²) < 4.78 is 1.01. The number of aromatic nitrogens is 1. The Labute approximate surface area is 145 Å². The summed E-state index contributed by atoms with van der Waals surface area (Å²) in [5, 5.41) is 5.65. The molecule has 0 saturated carbocycles. The van der Waals surface area contributed by atoms with Crippen molar-refractivity contribution < 1.29 is 4.79 Å². The van der Waals surface area contributed by atoms with Crippen molar-refractivity contribution in [1.82, 2.24) is 4.98 Å². The molecule has 1 aromatic heterocycles. The molecule has 0 saturated heterocycles. The maximum Gasteiger partial charge on any atom is 0.258 e. The summed E-state index contributed by atoms with van der Waals surface area (Å²) in [5.41, 5.74) is 2.26. The van der Waals surface area contributed by atoms with Gasteiger partial charge in [-0.3, -0.25) is 10.1 Å². The number of rotatable bonds is 3. The number of carbonyl (C=O) groups excluding carboxylic acids is 1. The molecule has 0 aliphatic carbocycles. The van der Waals surface area contributed by atoms with Gasteiger partial charge >= 0.3 is 0 Å². The smallest absolute Gasteiger partial charge is 0.258 e. The number of carbonyl (C=O) groups is 1. The normalized spacial score (nSPS) is 10.5. The van der Waals surface area contributed by atoms with E-state index in [2.05, 4.69) is 26.2 Å². The van der Waals surface area contributed by atoms with Gasteiger partial charge in [-0.25, -0.2) is 4.98 Å². The predicted molar refractivity (Wildman–Crippen MR) is 94.7 cm³/mol. The third kappa shape index (κ3) is 3.38. The van der Waals surface area contributed by atoms with Crippen LogP contribution in [0.5, 0.6) is 0 Å². The number of nitrogens with zero attached hydrogens (tertiary/aromatic N) is 1. The van der Waals surface area contributed by atoms with Crippen molar-refractivity contribution >= 4 is 49.9 Å². The second kappa shape index (κ2) is 6.60. The van der Waals surface area contributed by atoms with Gasteiger partial charge < -0.3 is 0 Å². The molecule has 0 aliphatic heterocycles. The van der Waals surface area contributed by atoms with Crippen molar-refractivity contribution in [3.8, 4) is 11.3 Å². The first-order valence-corrected chi connectivity index (χ1v) is 8.46. The molecule has 1 heterocycles. The molecule has 3 aromatic rings. The zero-order valence-corrected chi connectivity index (χ0v) is 14.4. The summed E-state index contributed by atoms with van der Waals surface area (Å²) in [6.45, 7) is 0. The molecule has 3 nitrogen and oxygen atoms in total. The predicted octanol–water partition coefficient (Wildman–Crippen LogP) is 5.48. The number of hydrogen-bond donors (Lipinski definition) is 1. The van der Waals surface area contributed by atoms with Crippen LogP contribution in [0.3, 0.4) is 0 Å². The van der Waals surface area contributed by atoms with Gasteiger partial charge in [-0.1, -0.05) is 51.8 Å². The van der Waals surface area contributed by atoms with Crippen LogP contribution in [0, 0.1) is 0 Å². The number of nitrogens with one attached hydrogen (secondary N) is 1. The minimum atomic E-state index is -0.262. The first-order valence-electron chi connectivity index (χ1n) is 6.41. The summed E-state index contributed by atoms with van der Waals surface area (Å²) in [4.78, 5) is 16.6. The van der Waals surface area contributed by atoms with E-state index in [1.165, 1.54) is 11.3 Å². The van der Waals surface area contributed by atoms with E-state index in [0.717, 1.165) is 15.7 Å². The fourth-order valence-corrected chi connectivity index (χ4v) is 3.09. The standard InChI is InChI=1S/C16H10BrClN2OS/c17-11-7-5-10(6-8-11)14-9-22-16(19-14)20-15(21)12-3-1-2-4-13(12)18/h1-9H,(H,19,20,21). The Balaban J connectivity index is 1.78. The van der Waals surface area contributed by atoms with Crippen molar-refractivity contribution in [2.24, 2.45) is 0 Å². The topological polar surface area (TPSA) is 42.0 Å². The van der Waals surface area contributed by atoms with Gasteiger partial charge in [-0.2, -0.15) is 0 Å². The Morgan fingerprint density at radius 1 is 1.14 bits per heavy atom. The van der Waals surface area contributed by atoms with Crippen molar-refractivity contribution in [2.75, 3.05) is 5.32 Å². The van der Waals surface area contributed by atoms with E-state index in [1.807, 2.05) is 29.6 Å². The van der Waals surface area contributed by atoms with E-state index in [9.17, 15) is 4.79 Å². The van der Waals surface area contributed by atoms with Crippen LogP contribution in [0.15, 0.2) is 58.4 Å². The quantitative estimate of drug-likeness (QED) is 0.640. The zero-order valence-electron chi connectivity index (χ0n) is 11.2. The average molecular weight is 394 g/mol. The summed E-state index contributed by atoms with van der Waals surface area (Å²) in [7, 11) is 0. The first-order chi connectivity index (χ1) is 10.6. The molecule has 0 atom stereocenters. The van der Waals surface area contributed by atoms with Crippen LogP contribution in [0.1, 0.15) is 10.4 Å². The minimum absolute atomic E-state index is 0.262. The van der Waals surface area contributed by atoms with Gasteiger partial charge in [-0.05, 0) is 24.3 Å². The lowest BCUT2D eigenvalue weighted by Crippen LogP contribution is -2.12. The molecule has 0 spiro atoms. The number of hydrogen-bond acceptors (Lipinski definition) is 3. The van der Waals surface area contributed by atoms with Gasteiger partial charge in [0, 0.05) is 15.4 Å². The fraction of sp³-hybridized carbons (Fsp3) is 0. The van der Waals surface area contributed by atoms with Crippen LogP contribution >= 0.6 is 38.9 Å². The lowest BCUT2D eigenvalue weighted by atomic mass is 10.2. The highest BCUT2D eigenvalue weighted by molar-refractivity contribution is 9.10. The molecule has 6 heteroatoms. The minimum Gasteiger partial charge on any atom is -0.298 e. The number of anilines is 1. The van der Waals surface area contributed by atoms with Gasteiger partial charge in [0.2, 0.25) is 0 Å². The van der Waals surface area contributed by atoms with Crippen molar-refractivity contribution in [3.63, 3.8) is 0 Å². The fourth-order valence-electron chi connectivity index (χ4n) is 1.89. The molecular formula is C16H10BrClN2OS. The summed E-state index contributed by atoms with van der Waals surface area (Å²) in [6.07, 6.45) is 0. The highest BCUT2D eigenvalue weighted by Gasteiger charge is 2.12. The first kappa shape index (κ1) is 15.2. The second-order valence-electron chi connectivity index (χ2n) is 4.48. The van der Waals surface area contributed by atoms with E-state index in [0.29, 0.717) is 15.7 Å². The van der Waals surface area contributed by atoms with Crippen LogP contribution in [0.4, 0.5) is 5.13 Å². The third-order valence-corrected chi connectivity index (χ3v) is 4.60. The number of thiazole rings is 1. The Morgan fingerprint density at radius 3 is 2.59 bits per heavy atom. The van der Waals surface area contributed by atoms with Gasteiger partial charge in [0.25, 0.3) is 5.91 Å². The molecule has 110 valence electrons. The molecule has 0 fully saturated rings. The number of benzene rings is 2. The molecule has 0 bridgehead atoms. The van der Waals surface area contributed by atoms with E-state index in [-0.39, 0.29) is 5.91 Å². The van der Waals surface area contributed by atoms with Crippen LogP contribution in [0.2, 0.25) is 5.02 Å². The summed E-state index contributed by atoms with van der Waals surface area (Å²) >= 11 is 10.8. The number of amides is 1. The van der Waals surface area contributed by atoms with E-state index >= 15 is 0 Å². The van der Waals surface area contributed by atoms with Gasteiger partial charge in [0.15, 0.2) is 5.13 Å². The molecule has 0 radical (unpaired) electrons. The second-order valence-corrected chi connectivity index (χ2v) is 6.66. The Kier molecular flexibility index (Phi) is 4.57. The van der Waals surface area contributed by atoms with Crippen molar-refractivity contribution in [2.45, 2.75) is 0 Å². The van der Waals surface area contributed by atoms with Crippen LogP contribution in [0.25, 0.3) is 11.3 Å². The Morgan fingerprint density at radius 2 is 1.86 bits per heavy atom. The van der Waals surface area contributed by atoms with E-state index in [4.69, 9.17) is 11.6 Å². The Hall–Kier alpha value is -1.69. The highest BCUT2D eigenvalue weighted by Crippen LogP contribution is 2.26. The SMILES string of the molecule is O=C(Nc1nc(-c2ccc(Br)cc2)cs1)c1ccccc1Cl. The molecule has 0 unspecified atom stereocenters. The van der Waals surface area contributed by atoms with Gasteiger partial charge in [-0.15, -0.1) is 11.3 Å². The molecule has 3 rings (SSSR count). The van der Waals surface area contributed by atoms with Crippen LogP contribution in [-0.2, 0) is 0 Å². The third-order valence-electron chi connectivity index (χ3n) is 2.98. The molecule has 22 heavy (non-hydrogen) atoms. The van der Waals surface area contributed by atoms with E-state index < -0.39 is 0 Å². The highest BCUT2D eigenvalue weighted by atomic mass is 79.9. The maximum atomic E-state index is 12.2. The zero-order chi connectivity index (χ0) is 15.5. The maximum absolute atomic E-state index is 12.2.